The van der Waals surface area contributed by atoms with Crippen molar-refractivity contribution in [3.05, 3.63) is 25.9 Å². The molecule has 0 aliphatic rings. The maximum Gasteiger partial charge on any atom is 0.312 e. The van der Waals surface area contributed by atoms with E-state index in [-0.39, 0.29) is 11.7 Å². The van der Waals surface area contributed by atoms with E-state index in [0.29, 0.717) is 5.82 Å². The Hall–Kier alpha value is -0.920. The summed E-state index contributed by atoms with van der Waals surface area (Å²) >= 11 is 1.99. The summed E-state index contributed by atoms with van der Waals surface area (Å²) in [6.45, 7) is 3.81. The lowest BCUT2D eigenvalue weighted by Crippen LogP contribution is -2.12. The van der Waals surface area contributed by atoms with E-state index in [1.807, 2.05) is 36.4 Å². The van der Waals surface area contributed by atoms with Crippen molar-refractivity contribution in [1.82, 2.24) is 4.98 Å². The van der Waals surface area contributed by atoms with Gasteiger partial charge in [-0.2, -0.15) is 0 Å². The van der Waals surface area contributed by atoms with Gasteiger partial charge in [-0.15, -0.1) is 0 Å². The highest BCUT2D eigenvalue weighted by Gasteiger charge is 2.15. The molecule has 0 radical (unpaired) electrons. The molecule has 1 aromatic rings. The minimum Gasteiger partial charge on any atom is -0.362 e. The largest absolute Gasteiger partial charge is 0.362 e. The van der Waals surface area contributed by atoms with Crippen molar-refractivity contribution < 1.29 is 4.92 Å². The number of rotatable bonds is 3. The molecular weight excluding hydrogens is 297 g/mol. The molecule has 0 spiro atoms. The van der Waals surface area contributed by atoms with Gasteiger partial charge in [0.15, 0.2) is 0 Å². The third-order valence-electron chi connectivity index (χ3n) is 1.46. The van der Waals surface area contributed by atoms with Gasteiger partial charge in [0.2, 0.25) is 5.82 Å². The predicted octanol–water partition coefficient (Wildman–Crippen LogP) is 2.41. The molecule has 0 aromatic carbocycles. The lowest BCUT2D eigenvalue weighted by molar-refractivity contribution is -0.384. The van der Waals surface area contributed by atoms with Crippen LogP contribution >= 0.6 is 22.6 Å². The van der Waals surface area contributed by atoms with Crippen LogP contribution in [0.1, 0.15) is 13.8 Å². The zero-order chi connectivity index (χ0) is 10.7. The fraction of sp³-hybridized carbons (Fsp3) is 0.375. The van der Waals surface area contributed by atoms with Crippen molar-refractivity contribution in [2.24, 2.45) is 0 Å². The van der Waals surface area contributed by atoms with Gasteiger partial charge in [0.05, 0.1) is 4.92 Å². The van der Waals surface area contributed by atoms with Gasteiger partial charge >= 0.3 is 5.69 Å². The lowest BCUT2D eigenvalue weighted by atomic mass is 10.3. The van der Waals surface area contributed by atoms with E-state index in [2.05, 4.69) is 10.3 Å². The van der Waals surface area contributed by atoms with Crippen LogP contribution in [0.2, 0.25) is 0 Å². The number of hydrogen-bond acceptors (Lipinski definition) is 4. The maximum atomic E-state index is 10.7. The molecule has 0 unspecified atom stereocenters. The Balaban J connectivity index is 3.08. The van der Waals surface area contributed by atoms with Crippen molar-refractivity contribution >= 4 is 34.1 Å². The minimum atomic E-state index is -0.431. The summed E-state index contributed by atoms with van der Waals surface area (Å²) in [4.78, 5) is 14.2. The SMILES string of the molecule is CC(C)Nc1ncc(I)cc1[N+](=O)[O-]. The van der Waals surface area contributed by atoms with Crippen LogP contribution in [0, 0.1) is 13.7 Å². The van der Waals surface area contributed by atoms with Gasteiger partial charge < -0.3 is 5.32 Å². The molecule has 5 nitrogen and oxygen atoms in total. The van der Waals surface area contributed by atoms with Gasteiger partial charge in [-0.25, -0.2) is 4.98 Å². The van der Waals surface area contributed by atoms with E-state index in [4.69, 9.17) is 0 Å². The van der Waals surface area contributed by atoms with Crippen LogP contribution in [0.15, 0.2) is 12.3 Å². The van der Waals surface area contributed by atoms with Crippen molar-refractivity contribution in [3.8, 4) is 0 Å². The first-order chi connectivity index (χ1) is 6.50. The Kier molecular flexibility index (Phi) is 3.62. The second kappa shape index (κ2) is 4.54. The molecule has 0 aliphatic heterocycles. The molecular formula is C8H10IN3O2. The van der Waals surface area contributed by atoms with Crippen LogP contribution in [-0.2, 0) is 0 Å². The number of aromatic nitrogens is 1. The molecule has 1 N–H and O–H groups in total. The Morgan fingerprint density at radius 1 is 1.64 bits per heavy atom. The second-order valence-corrected chi connectivity index (χ2v) is 4.32. The fourth-order valence-corrected chi connectivity index (χ4v) is 1.39. The Morgan fingerprint density at radius 2 is 2.29 bits per heavy atom. The van der Waals surface area contributed by atoms with Crippen molar-refractivity contribution in [2.45, 2.75) is 19.9 Å². The highest BCUT2D eigenvalue weighted by Crippen LogP contribution is 2.23. The first-order valence-corrected chi connectivity index (χ1v) is 5.15. The Labute approximate surface area is 95.2 Å². The van der Waals surface area contributed by atoms with Gasteiger partial charge in [-0.3, -0.25) is 10.1 Å². The lowest BCUT2D eigenvalue weighted by Gasteiger charge is -2.08. The molecule has 1 heterocycles. The zero-order valence-electron chi connectivity index (χ0n) is 7.82. The molecule has 0 amide bonds. The number of halogens is 1. The molecule has 76 valence electrons. The van der Waals surface area contributed by atoms with E-state index < -0.39 is 4.92 Å². The number of nitrogens with one attached hydrogen (secondary N) is 1. The average molecular weight is 307 g/mol. The molecule has 6 heteroatoms. The van der Waals surface area contributed by atoms with Gasteiger partial charge in [-0.1, -0.05) is 0 Å². The van der Waals surface area contributed by atoms with Crippen molar-refractivity contribution in [3.63, 3.8) is 0 Å². The molecule has 1 rings (SSSR count). The molecule has 0 saturated carbocycles. The molecule has 0 saturated heterocycles. The van der Waals surface area contributed by atoms with Gasteiger partial charge in [0, 0.05) is 21.9 Å². The van der Waals surface area contributed by atoms with Crippen LogP contribution in [0.3, 0.4) is 0 Å². The summed E-state index contributed by atoms with van der Waals surface area (Å²) < 4.78 is 0.753. The third-order valence-corrected chi connectivity index (χ3v) is 2.05. The second-order valence-electron chi connectivity index (χ2n) is 3.08. The van der Waals surface area contributed by atoms with E-state index in [1.54, 1.807) is 6.20 Å². The summed E-state index contributed by atoms with van der Waals surface area (Å²) in [7, 11) is 0. The molecule has 0 bridgehead atoms. The van der Waals surface area contributed by atoms with Crippen molar-refractivity contribution in [2.75, 3.05) is 5.32 Å². The highest BCUT2D eigenvalue weighted by molar-refractivity contribution is 14.1. The fourth-order valence-electron chi connectivity index (χ4n) is 0.952. The molecule has 14 heavy (non-hydrogen) atoms. The maximum absolute atomic E-state index is 10.7. The molecule has 0 atom stereocenters. The van der Waals surface area contributed by atoms with Gasteiger partial charge in [-0.05, 0) is 36.4 Å². The Morgan fingerprint density at radius 3 is 2.79 bits per heavy atom. The summed E-state index contributed by atoms with van der Waals surface area (Å²) in [5.41, 5.74) is 0.0191. The number of hydrogen-bond donors (Lipinski definition) is 1. The normalized spacial score (nSPS) is 10.3. The van der Waals surface area contributed by atoms with Crippen LogP contribution in [0.4, 0.5) is 11.5 Å². The van der Waals surface area contributed by atoms with Crippen LogP contribution in [0.25, 0.3) is 0 Å². The number of anilines is 1. The summed E-state index contributed by atoms with van der Waals surface area (Å²) in [5.74, 6) is 0.324. The number of nitrogens with zero attached hydrogens (tertiary/aromatic N) is 2. The van der Waals surface area contributed by atoms with Crippen LogP contribution in [0.5, 0.6) is 0 Å². The van der Waals surface area contributed by atoms with Crippen LogP contribution < -0.4 is 5.32 Å². The number of pyridine rings is 1. The zero-order valence-corrected chi connectivity index (χ0v) is 9.98. The third kappa shape index (κ3) is 2.79. The highest BCUT2D eigenvalue weighted by atomic mass is 127. The van der Waals surface area contributed by atoms with Crippen LogP contribution in [-0.4, -0.2) is 15.9 Å². The number of nitro groups is 1. The smallest absolute Gasteiger partial charge is 0.312 e. The standard InChI is InChI=1S/C8H10IN3O2/c1-5(2)11-8-7(12(13)14)3-6(9)4-10-8/h3-5H,1-2H3,(H,10,11). The first kappa shape index (κ1) is 11.2. The topological polar surface area (TPSA) is 68.1 Å². The molecule has 0 fully saturated rings. The Bertz CT molecular complexity index is 354. The quantitative estimate of drug-likeness (QED) is 0.529. The average Bonchev–Trinajstić information content (AvgIpc) is 2.07. The minimum absolute atomic E-state index is 0.0191. The van der Waals surface area contributed by atoms with Crippen molar-refractivity contribution in [1.29, 1.82) is 0 Å². The van der Waals surface area contributed by atoms with Gasteiger partial charge in [0.25, 0.3) is 0 Å². The van der Waals surface area contributed by atoms with E-state index in [9.17, 15) is 10.1 Å². The molecule has 1 aromatic heterocycles. The monoisotopic (exact) mass is 307 g/mol. The summed E-state index contributed by atoms with van der Waals surface area (Å²) in [6.07, 6.45) is 1.60. The van der Waals surface area contributed by atoms with E-state index in [1.165, 1.54) is 6.07 Å². The summed E-state index contributed by atoms with van der Waals surface area (Å²) in [6, 6.07) is 1.62. The predicted molar refractivity (Wildman–Crippen MR) is 62.4 cm³/mol. The first-order valence-electron chi connectivity index (χ1n) is 4.07. The molecule has 0 aliphatic carbocycles. The summed E-state index contributed by atoms with van der Waals surface area (Å²) in [5, 5.41) is 13.6. The van der Waals surface area contributed by atoms with E-state index in [0.717, 1.165) is 3.57 Å². The van der Waals surface area contributed by atoms with Gasteiger partial charge in [0.1, 0.15) is 0 Å². The van der Waals surface area contributed by atoms with E-state index >= 15 is 0 Å².